The van der Waals surface area contributed by atoms with Crippen LogP contribution in [0.3, 0.4) is 0 Å². The van der Waals surface area contributed by atoms with Crippen LogP contribution < -0.4 is 14.8 Å². The van der Waals surface area contributed by atoms with Crippen LogP contribution in [0.5, 0.6) is 11.5 Å². The van der Waals surface area contributed by atoms with Gasteiger partial charge < -0.3 is 28.8 Å². The Morgan fingerprint density at radius 3 is 1.81 bits per heavy atom. The third-order valence-electron chi connectivity index (χ3n) is 4.86. The summed E-state index contributed by atoms with van der Waals surface area (Å²) in [6, 6.07) is 3.73. The Kier molecular flexibility index (Phi) is 12.9. The van der Waals surface area contributed by atoms with Gasteiger partial charge in [-0.3, -0.25) is 10.1 Å². The van der Waals surface area contributed by atoms with Gasteiger partial charge >= 0.3 is 24.2 Å². The van der Waals surface area contributed by atoms with E-state index in [1.165, 1.54) is 18.2 Å². The molecule has 0 heterocycles. The zero-order valence-corrected chi connectivity index (χ0v) is 22.6. The van der Waals surface area contributed by atoms with Gasteiger partial charge in [-0.2, -0.15) is 0 Å². The highest BCUT2D eigenvalue weighted by molar-refractivity contribution is 5.81. The first-order valence-electron chi connectivity index (χ1n) is 12.3. The third kappa shape index (κ3) is 12.0. The van der Waals surface area contributed by atoms with Gasteiger partial charge in [0.2, 0.25) is 0 Å². The number of carboxylic acids is 1. The fourth-order valence-electron chi connectivity index (χ4n) is 3.12. The van der Waals surface area contributed by atoms with Crippen LogP contribution >= 0.6 is 0 Å². The Balaban J connectivity index is 3.25. The summed E-state index contributed by atoms with van der Waals surface area (Å²) in [7, 11) is 0. The zero-order chi connectivity index (χ0) is 28.2. The molecule has 0 aromatic heterocycles. The molecule has 0 aliphatic carbocycles. The maximum Gasteiger partial charge on any atom is 0.513 e. The summed E-state index contributed by atoms with van der Waals surface area (Å²) in [4.78, 5) is 48.3. The molecule has 1 atom stereocenters. The first-order valence-corrected chi connectivity index (χ1v) is 12.3. The highest BCUT2D eigenvalue weighted by Gasteiger charge is 2.43. The predicted octanol–water partition coefficient (Wildman–Crippen LogP) is 4.69. The standard InChI is InChI=1S/C26H39NO10/c1-16(2)10-12-33-24(31)35-21-9-8-20(14-22(21)36-25(32)34-13-11-17(3)4)15-26(23(29)30,27-18(5)6)37-19(7)28/h8-9,14,16-18,27H,10-13,15H2,1-7H3,(H,29,30)/t26-/m0/s1. The molecule has 11 nitrogen and oxygen atoms in total. The van der Waals surface area contributed by atoms with Gasteiger partial charge in [-0.1, -0.05) is 33.8 Å². The maximum atomic E-state index is 12.3. The van der Waals surface area contributed by atoms with Crippen molar-refractivity contribution in [3.8, 4) is 11.5 Å². The summed E-state index contributed by atoms with van der Waals surface area (Å²) in [5, 5.41) is 12.7. The molecular weight excluding hydrogens is 486 g/mol. The number of hydrogen-bond acceptors (Lipinski definition) is 10. The van der Waals surface area contributed by atoms with E-state index in [-0.39, 0.29) is 37.2 Å². The molecule has 0 spiro atoms. The van der Waals surface area contributed by atoms with Crippen molar-refractivity contribution in [2.75, 3.05) is 13.2 Å². The second-order valence-electron chi connectivity index (χ2n) is 9.75. The normalized spacial score (nSPS) is 12.7. The SMILES string of the molecule is CC(=O)O[C@](Cc1ccc(OC(=O)OCCC(C)C)c(OC(=O)OCCC(C)C)c1)(NC(C)C)C(=O)O. The van der Waals surface area contributed by atoms with Crippen molar-refractivity contribution < 1.29 is 48.0 Å². The lowest BCUT2D eigenvalue weighted by molar-refractivity contribution is -0.182. The van der Waals surface area contributed by atoms with E-state index < -0.39 is 30.0 Å². The fraction of sp³-hybridized carbons (Fsp3) is 0.615. The van der Waals surface area contributed by atoms with E-state index in [1.54, 1.807) is 13.8 Å². The van der Waals surface area contributed by atoms with Crippen LogP contribution in [0.4, 0.5) is 9.59 Å². The van der Waals surface area contributed by atoms with E-state index in [4.69, 9.17) is 23.7 Å². The minimum absolute atomic E-state index is 0.122. The molecule has 11 heteroatoms. The number of nitrogens with one attached hydrogen (secondary N) is 1. The third-order valence-corrected chi connectivity index (χ3v) is 4.86. The van der Waals surface area contributed by atoms with Gasteiger partial charge in [0.1, 0.15) is 0 Å². The number of esters is 1. The summed E-state index contributed by atoms with van der Waals surface area (Å²) in [5.41, 5.74) is -1.78. The number of rotatable bonds is 14. The molecule has 0 amide bonds. The molecule has 0 saturated carbocycles. The van der Waals surface area contributed by atoms with Crippen LogP contribution in [0.2, 0.25) is 0 Å². The van der Waals surface area contributed by atoms with Gasteiger partial charge in [0.15, 0.2) is 11.5 Å². The van der Waals surface area contributed by atoms with Gasteiger partial charge in [0, 0.05) is 19.4 Å². The summed E-state index contributed by atoms with van der Waals surface area (Å²) < 4.78 is 25.8. The lowest BCUT2D eigenvalue weighted by Gasteiger charge is -2.32. The molecule has 1 aromatic carbocycles. The minimum atomic E-state index is -2.09. The van der Waals surface area contributed by atoms with Crippen molar-refractivity contribution in [2.24, 2.45) is 11.8 Å². The summed E-state index contributed by atoms with van der Waals surface area (Å²) >= 11 is 0. The Morgan fingerprint density at radius 2 is 1.38 bits per heavy atom. The van der Waals surface area contributed by atoms with Crippen molar-refractivity contribution >= 4 is 24.2 Å². The van der Waals surface area contributed by atoms with Crippen molar-refractivity contribution in [2.45, 2.75) is 79.5 Å². The quantitative estimate of drug-likeness (QED) is 0.151. The van der Waals surface area contributed by atoms with Crippen LogP contribution in [0.1, 0.15) is 66.9 Å². The Labute approximate surface area is 217 Å². The van der Waals surface area contributed by atoms with Crippen molar-refractivity contribution in [1.82, 2.24) is 5.32 Å². The number of carbonyl (C=O) groups excluding carboxylic acids is 3. The predicted molar refractivity (Wildman–Crippen MR) is 133 cm³/mol. The molecule has 37 heavy (non-hydrogen) atoms. The van der Waals surface area contributed by atoms with Crippen LogP contribution in [0, 0.1) is 11.8 Å². The van der Waals surface area contributed by atoms with E-state index in [0.29, 0.717) is 30.2 Å². The average molecular weight is 526 g/mol. The van der Waals surface area contributed by atoms with Gasteiger partial charge in [0.25, 0.3) is 5.72 Å². The van der Waals surface area contributed by atoms with Crippen LogP contribution in [-0.4, -0.2) is 54.3 Å². The summed E-state index contributed by atoms with van der Waals surface area (Å²) in [6.45, 7) is 12.7. The van der Waals surface area contributed by atoms with Crippen LogP contribution in [0.25, 0.3) is 0 Å². The van der Waals surface area contributed by atoms with E-state index in [9.17, 15) is 24.3 Å². The van der Waals surface area contributed by atoms with E-state index in [1.807, 2.05) is 27.7 Å². The average Bonchev–Trinajstić information content (AvgIpc) is 2.73. The number of ether oxygens (including phenoxy) is 5. The molecule has 0 fully saturated rings. The van der Waals surface area contributed by atoms with Crippen molar-refractivity contribution in [3.63, 3.8) is 0 Å². The number of carbonyl (C=O) groups is 4. The molecule has 1 rings (SSSR count). The first-order chi connectivity index (χ1) is 17.2. The van der Waals surface area contributed by atoms with Gasteiger partial charge in [-0.05, 0) is 56.2 Å². The van der Waals surface area contributed by atoms with Crippen molar-refractivity contribution in [1.29, 1.82) is 0 Å². The lowest BCUT2D eigenvalue weighted by Crippen LogP contribution is -2.59. The van der Waals surface area contributed by atoms with Gasteiger partial charge in [-0.25, -0.2) is 14.4 Å². The molecule has 208 valence electrons. The van der Waals surface area contributed by atoms with Gasteiger partial charge in [0.05, 0.1) is 13.2 Å². The molecule has 2 N–H and O–H groups in total. The van der Waals surface area contributed by atoms with E-state index in [0.717, 1.165) is 6.92 Å². The second-order valence-corrected chi connectivity index (χ2v) is 9.75. The number of hydrogen-bond donors (Lipinski definition) is 2. The molecular formula is C26H39NO10. The molecule has 0 radical (unpaired) electrons. The second kappa shape index (κ2) is 15.0. The smallest absolute Gasteiger partial charge is 0.477 e. The Bertz CT molecular complexity index is 928. The van der Waals surface area contributed by atoms with Crippen LogP contribution in [-0.2, 0) is 30.2 Å². The van der Waals surface area contributed by atoms with Crippen LogP contribution in [0.15, 0.2) is 18.2 Å². The number of benzene rings is 1. The van der Waals surface area contributed by atoms with Gasteiger partial charge in [-0.15, -0.1) is 0 Å². The fourth-order valence-corrected chi connectivity index (χ4v) is 3.12. The Hall–Kier alpha value is -3.34. The molecule has 1 aromatic rings. The monoisotopic (exact) mass is 525 g/mol. The molecule has 0 aliphatic rings. The molecule has 0 aliphatic heterocycles. The highest BCUT2D eigenvalue weighted by Crippen LogP contribution is 2.31. The van der Waals surface area contributed by atoms with E-state index in [2.05, 4.69) is 5.32 Å². The topological polar surface area (TPSA) is 147 Å². The molecule has 0 unspecified atom stereocenters. The lowest BCUT2D eigenvalue weighted by atomic mass is 10.0. The summed E-state index contributed by atoms with van der Waals surface area (Å²) in [6.07, 6.45) is -1.09. The minimum Gasteiger partial charge on any atom is -0.477 e. The maximum absolute atomic E-state index is 12.3. The van der Waals surface area contributed by atoms with E-state index >= 15 is 0 Å². The largest absolute Gasteiger partial charge is 0.513 e. The summed E-state index contributed by atoms with van der Waals surface area (Å²) in [5.74, 6) is -1.93. The molecule has 0 bridgehead atoms. The van der Waals surface area contributed by atoms with Crippen molar-refractivity contribution in [3.05, 3.63) is 23.8 Å². The number of aliphatic carboxylic acids is 1. The zero-order valence-electron chi connectivity index (χ0n) is 22.6. The molecule has 0 saturated heterocycles. The Morgan fingerprint density at radius 1 is 0.865 bits per heavy atom. The first kappa shape index (κ1) is 31.7. The highest BCUT2D eigenvalue weighted by atomic mass is 16.7. The number of carboxylic acid groups (broad SMARTS) is 1.